The fraction of sp³-hybridized carbons (Fsp3) is 0.400. The molecule has 6 nitrogen and oxygen atoms in total. The predicted molar refractivity (Wildman–Crippen MR) is 75.0 cm³/mol. The first-order chi connectivity index (χ1) is 10.0. The second kappa shape index (κ2) is 6.39. The molecule has 6 heteroatoms. The number of nitrogens with one attached hydrogen (secondary N) is 1. The molecule has 0 spiro atoms. The van der Waals surface area contributed by atoms with Crippen molar-refractivity contribution in [3.05, 3.63) is 35.9 Å². The van der Waals surface area contributed by atoms with Crippen molar-refractivity contribution >= 4 is 17.8 Å². The van der Waals surface area contributed by atoms with Crippen LogP contribution in [0, 0.1) is 0 Å². The fourth-order valence-electron chi connectivity index (χ4n) is 2.27. The number of amides is 2. The van der Waals surface area contributed by atoms with Gasteiger partial charge in [0.05, 0.1) is 13.5 Å². The second-order valence-electron chi connectivity index (χ2n) is 4.97. The molecule has 1 aromatic carbocycles. The summed E-state index contributed by atoms with van der Waals surface area (Å²) in [7, 11) is 1.25. The highest BCUT2D eigenvalue weighted by Gasteiger charge is 2.39. The van der Waals surface area contributed by atoms with Gasteiger partial charge in [0.15, 0.2) is 0 Å². The smallest absolute Gasteiger partial charge is 0.308 e. The zero-order chi connectivity index (χ0) is 15.4. The van der Waals surface area contributed by atoms with Crippen LogP contribution in [0.4, 0.5) is 0 Å². The number of hydrogen-bond acceptors (Lipinski definition) is 4. The average Bonchev–Trinajstić information content (AvgIpc) is 2.50. The van der Waals surface area contributed by atoms with Gasteiger partial charge in [-0.1, -0.05) is 30.3 Å². The van der Waals surface area contributed by atoms with E-state index in [1.165, 1.54) is 12.0 Å². The normalized spacial score (nSPS) is 21.9. The van der Waals surface area contributed by atoms with Gasteiger partial charge in [0.2, 0.25) is 11.8 Å². The lowest BCUT2D eigenvalue weighted by Gasteiger charge is -2.37. The highest BCUT2D eigenvalue weighted by atomic mass is 16.5. The first-order valence-corrected chi connectivity index (χ1v) is 6.74. The highest BCUT2D eigenvalue weighted by molar-refractivity contribution is 5.98. The average molecular weight is 290 g/mol. The van der Waals surface area contributed by atoms with Gasteiger partial charge in [-0.3, -0.25) is 14.4 Å². The minimum absolute atomic E-state index is 0.154. The predicted octanol–water partition coefficient (Wildman–Crippen LogP) is 0.465. The number of benzene rings is 1. The van der Waals surface area contributed by atoms with E-state index >= 15 is 0 Å². The summed E-state index contributed by atoms with van der Waals surface area (Å²) in [6, 6.07) is 8.00. The number of rotatable bonds is 4. The number of carbonyl (C=O) groups is 3. The lowest BCUT2D eigenvalue weighted by atomic mass is 10.0. The van der Waals surface area contributed by atoms with Gasteiger partial charge in [0.25, 0.3) is 0 Å². The fourth-order valence-corrected chi connectivity index (χ4v) is 2.27. The van der Waals surface area contributed by atoms with Crippen molar-refractivity contribution < 1.29 is 19.1 Å². The van der Waals surface area contributed by atoms with Crippen LogP contribution in [-0.4, -0.2) is 41.9 Å². The molecule has 1 N–H and O–H groups in total. The van der Waals surface area contributed by atoms with E-state index in [9.17, 15) is 14.4 Å². The number of hydrogen-bond donors (Lipinski definition) is 1. The summed E-state index contributed by atoms with van der Waals surface area (Å²) < 4.78 is 4.56. The van der Waals surface area contributed by atoms with Crippen molar-refractivity contribution in [2.24, 2.45) is 0 Å². The maximum absolute atomic E-state index is 12.4. The van der Waals surface area contributed by atoms with Gasteiger partial charge in [0, 0.05) is 6.54 Å². The standard InChI is InChI=1S/C15H18N2O4/c1-10-14(19)16-12(8-13(18)21-2)15(20)17(10)9-11-6-4-3-5-7-11/h3-7,10,12H,8-9H2,1-2H3,(H,16,19)/t10-,12+/m1/s1. The number of nitrogens with zero attached hydrogens (tertiary/aromatic N) is 1. The number of piperazine rings is 1. The van der Waals surface area contributed by atoms with Gasteiger partial charge >= 0.3 is 5.97 Å². The van der Waals surface area contributed by atoms with Crippen molar-refractivity contribution in [3.8, 4) is 0 Å². The van der Waals surface area contributed by atoms with Crippen molar-refractivity contribution in [2.75, 3.05) is 7.11 Å². The Labute approximate surface area is 123 Å². The molecule has 1 aliphatic rings. The van der Waals surface area contributed by atoms with E-state index in [4.69, 9.17) is 0 Å². The van der Waals surface area contributed by atoms with Gasteiger partial charge in [-0.15, -0.1) is 0 Å². The molecule has 1 aromatic rings. The first-order valence-electron chi connectivity index (χ1n) is 6.74. The van der Waals surface area contributed by atoms with E-state index in [1.54, 1.807) is 6.92 Å². The van der Waals surface area contributed by atoms with Crippen molar-refractivity contribution in [1.29, 1.82) is 0 Å². The number of carbonyl (C=O) groups excluding carboxylic acids is 3. The Bertz CT molecular complexity index is 542. The third kappa shape index (κ3) is 3.39. The molecule has 1 saturated heterocycles. The summed E-state index contributed by atoms with van der Waals surface area (Å²) in [5, 5.41) is 2.57. The molecule has 1 aliphatic heterocycles. The van der Waals surface area contributed by atoms with E-state index in [2.05, 4.69) is 10.1 Å². The maximum atomic E-state index is 12.4. The Morgan fingerprint density at radius 1 is 1.29 bits per heavy atom. The number of methoxy groups -OCH3 is 1. The van der Waals surface area contributed by atoms with E-state index in [0.717, 1.165) is 5.56 Å². The van der Waals surface area contributed by atoms with Gasteiger partial charge in [-0.2, -0.15) is 0 Å². The molecule has 0 radical (unpaired) electrons. The maximum Gasteiger partial charge on any atom is 0.308 e. The molecule has 1 heterocycles. The Balaban J connectivity index is 2.15. The van der Waals surface area contributed by atoms with Crippen molar-refractivity contribution in [1.82, 2.24) is 10.2 Å². The van der Waals surface area contributed by atoms with Crippen molar-refractivity contribution in [2.45, 2.75) is 32.0 Å². The number of esters is 1. The third-order valence-corrected chi connectivity index (χ3v) is 3.54. The van der Waals surface area contributed by atoms with Crippen LogP contribution in [0.15, 0.2) is 30.3 Å². The highest BCUT2D eigenvalue weighted by Crippen LogP contribution is 2.16. The molecule has 0 aliphatic carbocycles. The topological polar surface area (TPSA) is 75.7 Å². The van der Waals surface area contributed by atoms with Crippen LogP contribution < -0.4 is 5.32 Å². The van der Waals surface area contributed by atoms with Crippen LogP contribution in [0.25, 0.3) is 0 Å². The molecule has 0 aromatic heterocycles. The Morgan fingerprint density at radius 2 is 1.95 bits per heavy atom. The molecular weight excluding hydrogens is 272 g/mol. The molecule has 2 amide bonds. The zero-order valence-electron chi connectivity index (χ0n) is 12.0. The lowest BCUT2D eigenvalue weighted by molar-refractivity contribution is -0.153. The van der Waals surface area contributed by atoms with Crippen LogP contribution in [0.5, 0.6) is 0 Å². The molecule has 21 heavy (non-hydrogen) atoms. The van der Waals surface area contributed by atoms with Gasteiger partial charge in [-0.05, 0) is 12.5 Å². The Hall–Kier alpha value is -2.37. The Kier molecular flexibility index (Phi) is 4.57. The summed E-state index contributed by atoms with van der Waals surface area (Å²) in [4.78, 5) is 37.2. The monoisotopic (exact) mass is 290 g/mol. The van der Waals surface area contributed by atoms with E-state index < -0.39 is 18.1 Å². The van der Waals surface area contributed by atoms with Crippen LogP contribution in [0.1, 0.15) is 18.9 Å². The van der Waals surface area contributed by atoms with Gasteiger partial charge < -0.3 is 15.0 Å². The molecule has 1 fully saturated rings. The number of ether oxygens (including phenoxy) is 1. The summed E-state index contributed by atoms with van der Waals surface area (Å²) in [6.07, 6.45) is -0.154. The summed E-state index contributed by atoms with van der Waals surface area (Å²) >= 11 is 0. The van der Waals surface area contributed by atoms with Gasteiger partial charge in [0.1, 0.15) is 12.1 Å². The third-order valence-electron chi connectivity index (χ3n) is 3.54. The minimum atomic E-state index is -0.857. The summed E-state index contributed by atoms with van der Waals surface area (Å²) in [6.45, 7) is 2.01. The summed E-state index contributed by atoms with van der Waals surface area (Å²) in [5.74, 6) is -1.06. The lowest BCUT2D eigenvalue weighted by Crippen LogP contribution is -2.62. The molecular formula is C15H18N2O4. The van der Waals surface area contributed by atoms with E-state index in [-0.39, 0.29) is 18.2 Å². The largest absolute Gasteiger partial charge is 0.469 e. The first kappa shape index (κ1) is 15.0. The molecule has 2 atom stereocenters. The molecule has 112 valence electrons. The molecule has 2 rings (SSSR count). The van der Waals surface area contributed by atoms with Crippen LogP contribution in [-0.2, 0) is 25.7 Å². The van der Waals surface area contributed by atoms with Crippen LogP contribution in [0.2, 0.25) is 0 Å². The molecule has 0 bridgehead atoms. The van der Waals surface area contributed by atoms with Gasteiger partial charge in [-0.25, -0.2) is 0 Å². The summed E-state index contributed by atoms with van der Waals surface area (Å²) in [5.41, 5.74) is 0.934. The van der Waals surface area contributed by atoms with E-state index in [1.807, 2.05) is 30.3 Å². The Morgan fingerprint density at radius 3 is 2.57 bits per heavy atom. The second-order valence-corrected chi connectivity index (χ2v) is 4.97. The zero-order valence-corrected chi connectivity index (χ0v) is 12.0. The minimum Gasteiger partial charge on any atom is -0.469 e. The van der Waals surface area contributed by atoms with E-state index in [0.29, 0.717) is 6.54 Å². The van der Waals surface area contributed by atoms with Crippen molar-refractivity contribution in [3.63, 3.8) is 0 Å². The van der Waals surface area contributed by atoms with Crippen LogP contribution in [0.3, 0.4) is 0 Å². The SMILES string of the molecule is COC(=O)C[C@@H]1NC(=O)[C@@H](C)N(Cc2ccccc2)C1=O. The quantitative estimate of drug-likeness (QED) is 0.818. The molecule has 0 unspecified atom stereocenters. The molecule has 0 saturated carbocycles. The van der Waals surface area contributed by atoms with Crippen LogP contribution >= 0.6 is 0 Å².